The number of hydrogen-bond donors (Lipinski definition) is 2. The molecule has 38 heavy (non-hydrogen) atoms. The number of methoxy groups -OCH3 is 1. The van der Waals surface area contributed by atoms with E-state index in [4.69, 9.17) is 4.74 Å². The Labute approximate surface area is 247 Å². The van der Waals surface area contributed by atoms with Crippen molar-refractivity contribution in [2.75, 3.05) is 12.4 Å². The lowest BCUT2D eigenvalue weighted by Crippen LogP contribution is -2.27. The summed E-state index contributed by atoms with van der Waals surface area (Å²) in [4.78, 5) is 12.8. The molecule has 4 aromatic rings. The lowest BCUT2D eigenvalue weighted by atomic mass is 10.2. The fourth-order valence-corrected chi connectivity index (χ4v) is 5.51. The highest BCUT2D eigenvalue weighted by atomic mass is 127. The van der Waals surface area contributed by atoms with Gasteiger partial charge in [-0.05, 0) is 90.5 Å². The zero-order valence-corrected chi connectivity index (χ0v) is 25.5. The molecule has 0 saturated heterocycles. The minimum absolute atomic E-state index is 0.253. The van der Waals surface area contributed by atoms with E-state index >= 15 is 0 Å². The second-order valence-electron chi connectivity index (χ2n) is 8.26. The van der Waals surface area contributed by atoms with Gasteiger partial charge in [0.1, 0.15) is 5.75 Å². The van der Waals surface area contributed by atoms with Crippen LogP contribution in [0.3, 0.4) is 0 Å². The SMILES string of the molecule is COc1ccc(Br)cc1/C=N\NC(=O)[C@@H](C)Sc1nnc(CNc2ccc(I)cc2C)n1-c1ccccc1. The third-order valence-corrected chi connectivity index (χ3v) is 7.77. The van der Waals surface area contributed by atoms with Crippen LogP contribution in [0.5, 0.6) is 5.75 Å². The van der Waals surface area contributed by atoms with Crippen molar-refractivity contribution in [1.29, 1.82) is 0 Å². The molecule has 0 aliphatic carbocycles. The first-order valence-electron chi connectivity index (χ1n) is 11.7. The number of anilines is 1. The predicted molar refractivity (Wildman–Crippen MR) is 164 cm³/mol. The zero-order valence-electron chi connectivity index (χ0n) is 21.0. The molecule has 0 aliphatic rings. The Morgan fingerprint density at radius 3 is 2.71 bits per heavy atom. The van der Waals surface area contributed by atoms with E-state index in [2.05, 4.69) is 89.7 Å². The van der Waals surface area contributed by atoms with Crippen LogP contribution in [-0.2, 0) is 11.3 Å². The van der Waals surface area contributed by atoms with Crippen molar-refractivity contribution >= 4 is 68.1 Å². The molecular formula is C27H26BrIN6O2S. The van der Waals surface area contributed by atoms with Crippen LogP contribution in [0, 0.1) is 10.5 Å². The molecule has 4 rings (SSSR count). The number of benzene rings is 3. The van der Waals surface area contributed by atoms with Gasteiger partial charge in [-0.1, -0.05) is 45.9 Å². The molecule has 0 spiro atoms. The van der Waals surface area contributed by atoms with Crippen molar-refractivity contribution in [1.82, 2.24) is 20.2 Å². The van der Waals surface area contributed by atoms with Gasteiger partial charge in [0, 0.05) is 25.0 Å². The molecule has 0 aliphatic heterocycles. The molecule has 0 saturated carbocycles. The number of halogens is 2. The van der Waals surface area contributed by atoms with Gasteiger partial charge in [-0.15, -0.1) is 10.2 Å². The molecule has 1 heterocycles. The van der Waals surface area contributed by atoms with Crippen LogP contribution in [0.25, 0.3) is 5.69 Å². The second kappa shape index (κ2) is 13.3. The number of nitrogens with zero attached hydrogens (tertiary/aromatic N) is 4. The Hall–Kier alpha value is -2.90. The average Bonchev–Trinajstić information content (AvgIpc) is 3.30. The van der Waals surface area contributed by atoms with E-state index in [1.165, 1.54) is 15.3 Å². The molecule has 1 aromatic heterocycles. The summed E-state index contributed by atoms with van der Waals surface area (Å²) < 4.78 is 9.39. The van der Waals surface area contributed by atoms with E-state index in [1.54, 1.807) is 13.3 Å². The van der Waals surface area contributed by atoms with Gasteiger partial charge < -0.3 is 10.1 Å². The lowest BCUT2D eigenvalue weighted by molar-refractivity contribution is -0.120. The number of thioether (sulfide) groups is 1. The van der Waals surface area contributed by atoms with Crippen LogP contribution in [0.1, 0.15) is 23.9 Å². The molecule has 1 amide bonds. The number of hydrazone groups is 1. The van der Waals surface area contributed by atoms with Crippen LogP contribution in [0.15, 0.2) is 81.5 Å². The molecular weight excluding hydrogens is 679 g/mol. The maximum atomic E-state index is 12.8. The monoisotopic (exact) mass is 704 g/mol. The smallest absolute Gasteiger partial charge is 0.253 e. The summed E-state index contributed by atoms with van der Waals surface area (Å²) >= 11 is 7.06. The molecule has 2 N–H and O–H groups in total. The van der Waals surface area contributed by atoms with E-state index in [0.717, 1.165) is 32.8 Å². The number of rotatable bonds is 10. The highest BCUT2D eigenvalue weighted by Gasteiger charge is 2.21. The molecule has 0 radical (unpaired) electrons. The quantitative estimate of drug-likeness (QED) is 0.0885. The van der Waals surface area contributed by atoms with Gasteiger partial charge in [0.05, 0.1) is 25.1 Å². The first kappa shape index (κ1) is 28.1. The molecule has 0 fully saturated rings. The first-order valence-corrected chi connectivity index (χ1v) is 14.4. The standard InChI is InChI=1S/C27H26BrIN6O2S/c1-17-13-21(29)10-11-23(17)30-16-25-32-34-27(35(25)22-7-5-4-6-8-22)38-18(2)26(36)33-31-15-19-14-20(28)9-12-24(19)37-3/h4-15,18,30H,16H2,1-3H3,(H,33,36)/b31-15-/t18-/m1/s1. The number of aromatic nitrogens is 3. The molecule has 11 heteroatoms. The van der Waals surface area contributed by atoms with E-state index < -0.39 is 5.25 Å². The van der Waals surface area contributed by atoms with E-state index in [9.17, 15) is 4.79 Å². The molecule has 0 bridgehead atoms. The Morgan fingerprint density at radius 1 is 1.18 bits per heavy atom. The topological polar surface area (TPSA) is 93.4 Å². The maximum Gasteiger partial charge on any atom is 0.253 e. The predicted octanol–water partition coefficient (Wildman–Crippen LogP) is 6.19. The van der Waals surface area contributed by atoms with Gasteiger partial charge in [-0.2, -0.15) is 5.10 Å². The fraction of sp³-hybridized carbons (Fsp3) is 0.185. The number of para-hydroxylation sites is 1. The van der Waals surface area contributed by atoms with Crippen molar-refractivity contribution in [2.45, 2.75) is 30.8 Å². The maximum absolute atomic E-state index is 12.8. The first-order chi connectivity index (χ1) is 18.4. The fourth-order valence-electron chi connectivity index (χ4n) is 3.60. The Kier molecular flexibility index (Phi) is 9.80. The van der Waals surface area contributed by atoms with Crippen molar-refractivity contribution in [3.05, 3.63) is 91.7 Å². The normalized spacial score (nSPS) is 11.9. The minimum Gasteiger partial charge on any atom is -0.496 e. The van der Waals surface area contributed by atoms with Crippen molar-refractivity contribution in [3.8, 4) is 11.4 Å². The van der Waals surface area contributed by atoms with Crippen LogP contribution in [0.2, 0.25) is 0 Å². The summed E-state index contributed by atoms with van der Waals surface area (Å²) in [5, 5.41) is 16.6. The molecule has 8 nitrogen and oxygen atoms in total. The van der Waals surface area contributed by atoms with Crippen LogP contribution in [0.4, 0.5) is 5.69 Å². The van der Waals surface area contributed by atoms with Gasteiger partial charge in [0.2, 0.25) is 0 Å². The Balaban J connectivity index is 1.49. The second-order valence-corrected chi connectivity index (χ2v) is 11.7. The number of carbonyl (C=O) groups is 1. The highest BCUT2D eigenvalue weighted by Crippen LogP contribution is 2.27. The van der Waals surface area contributed by atoms with Gasteiger partial charge >= 0.3 is 0 Å². The number of carbonyl (C=O) groups excluding carboxylic acids is 1. The van der Waals surface area contributed by atoms with Crippen molar-refractivity contribution < 1.29 is 9.53 Å². The minimum atomic E-state index is -0.470. The van der Waals surface area contributed by atoms with Crippen LogP contribution >= 0.6 is 50.3 Å². The van der Waals surface area contributed by atoms with E-state index in [0.29, 0.717) is 17.5 Å². The van der Waals surface area contributed by atoms with Crippen LogP contribution < -0.4 is 15.5 Å². The Bertz CT molecular complexity index is 1450. The van der Waals surface area contributed by atoms with Gasteiger partial charge in [-0.3, -0.25) is 9.36 Å². The highest BCUT2D eigenvalue weighted by molar-refractivity contribution is 14.1. The summed E-state index contributed by atoms with van der Waals surface area (Å²) in [5.41, 5.74) is 6.47. The van der Waals surface area contributed by atoms with E-state index in [-0.39, 0.29) is 5.91 Å². The number of ether oxygens (including phenoxy) is 1. The number of amides is 1. The van der Waals surface area contributed by atoms with Crippen molar-refractivity contribution in [2.24, 2.45) is 5.10 Å². The summed E-state index contributed by atoms with van der Waals surface area (Å²) in [6.07, 6.45) is 1.56. The van der Waals surface area contributed by atoms with Gasteiger partial charge in [-0.25, -0.2) is 5.43 Å². The number of aryl methyl sites for hydroxylation is 1. The third-order valence-electron chi connectivity index (χ3n) is 5.56. The summed E-state index contributed by atoms with van der Waals surface area (Å²) in [6, 6.07) is 21.7. The lowest BCUT2D eigenvalue weighted by Gasteiger charge is -2.14. The Morgan fingerprint density at radius 2 is 1.97 bits per heavy atom. The molecule has 0 unspecified atom stereocenters. The summed E-state index contributed by atoms with van der Waals surface area (Å²) in [6.45, 7) is 4.36. The zero-order chi connectivity index (χ0) is 27.1. The van der Waals surface area contributed by atoms with E-state index in [1.807, 2.05) is 60.0 Å². The summed E-state index contributed by atoms with van der Waals surface area (Å²) in [5.74, 6) is 1.15. The van der Waals surface area contributed by atoms with Gasteiger partial charge in [0.25, 0.3) is 5.91 Å². The third kappa shape index (κ3) is 7.14. The molecule has 196 valence electrons. The molecule has 3 aromatic carbocycles. The van der Waals surface area contributed by atoms with Crippen LogP contribution in [-0.4, -0.2) is 39.2 Å². The average molecular weight is 705 g/mol. The van der Waals surface area contributed by atoms with Gasteiger partial charge in [0.15, 0.2) is 11.0 Å². The number of hydrogen-bond acceptors (Lipinski definition) is 7. The summed E-state index contributed by atoms with van der Waals surface area (Å²) in [7, 11) is 1.59. The largest absolute Gasteiger partial charge is 0.496 e. The van der Waals surface area contributed by atoms with Crippen molar-refractivity contribution in [3.63, 3.8) is 0 Å². The number of nitrogens with one attached hydrogen (secondary N) is 2. The molecule has 1 atom stereocenters.